The standard InChI is InChI=1S/C22H24N6O3S/c1-5-32(29,30)16-7-9-20(31-4)19(13-16)24-22-23-11-10-21(25-22)28(3)15-6-8-17-14(2)26-27-18(17)12-15/h6-13H,5H2,1-4H3,(H,26,27)(H,23,24,25). The van der Waals surface area contributed by atoms with Crippen LogP contribution in [-0.2, 0) is 9.84 Å². The Morgan fingerprint density at radius 1 is 1.16 bits per heavy atom. The van der Waals surface area contributed by atoms with Crippen molar-refractivity contribution in [3.05, 3.63) is 54.4 Å². The lowest BCUT2D eigenvalue weighted by Gasteiger charge is -2.19. The van der Waals surface area contributed by atoms with Crippen LogP contribution < -0.4 is 15.0 Å². The first-order valence-corrected chi connectivity index (χ1v) is 11.7. The second-order valence-electron chi connectivity index (χ2n) is 7.23. The van der Waals surface area contributed by atoms with Crippen molar-refractivity contribution in [1.29, 1.82) is 0 Å². The van der Waals surface area contributed by atoms with Gasteiger partial charge in [0, 0.05) is 24.3 Å². The molecule has 0 atom stereocenters. The van der Waals surface area contributed by atoms with Gasteiger partial charge in [0.25, 0.3) is 0 Å². The number of anilines is 4. The lowest BCUT2D eigenvalue weighted by molar-refractivity contribution is 0.416. The number of nitrogens with one attached hydrogen (secondary N) is 2. The van der Waals surface area contributed by atoms with Crippen molar-refractivity contribution in [3.63, 3.8) is 0 Å². The zero-order chi connectivity index (χ0) is 22.9. The fraction of sp³-hybridized carbons (Fsp3) is 0.227. The Bertz CT molecular complexity index is 1380. The molecule has 0 fully saturated rings. The van der Waals surface area contributed by atoms with Crippen molar-refractivity contribution >= 4 is 43.9 Å². The molecular weight excluding hydrogens is 428 g/mol. The molecule has 4 aromatic rings. The Kier molecular flexibility index (Phi) is 5.70. The van der Waals surface area contributed by atoms with E-state index in [9.17, 15) is 8.42 Å². The average molecular weight is 453 g/mol. The summed E-state index contributed by atoms with van der Waals surface area (Å²) in [6.45, 7) is 3.57. The molecule has 0 amide bonds. The molecule has 2 aromatic heterocycles. The van der Waals surface area contributed by atoms with Gasteiger partial charge in [-0.1, -0.05) is 6.92 Å². The van der Waals surface area contributed by atoms with Gasteiger partial charge in [-0.3, -0.25) is 5.10 Å². The van der Waals surface area contributed by atoms with Crippen LogP contribution in [0.15, 0.2) is 53.6 Å². The number of hydrogen-bond donors (Lipinski definition) is 2. The number of H-pyrrole nitrogens is 1. The predicted octanol–water partition coefficient (Wildman–Crippen LogP) is 3.98. The molecule has 0 aliphatic carbocycles. The second kappa shape index (κ2) is 8.46. The quantitative estimate of drug-likeness (QED) is 0.433. The van der Waals surface area contributed by atoms with E-state index >= 15 is 0 Å². The minimum Gasteiger partial charge on any atom is -0.495 e. The average Bonchev–Trinajstić information content (AvgIpc) is 3.18. The molecule has 4 rings (SSSR count). The highest BCUT2D eigenvalue weighted by Gasteiger charge is 2.16. The van der Waals surface area contributed by atoms with Crippen molar-refractivity contribution in [1.82, 2.24) is 20.2 Å². The van der Waals surface area contributed by atoms with E-state index in [1.165, 1.54) is 19.2 Å². The molecular formula is C22H24N6O3S. The van der Waals surface area contributed by atoms with E-state index in [0.717, 1.165) is 22.3 Å². The van der Waals surface area contributed by atoms with Gasteiger partial charge in [-0.15, -0.1) is 0 Å². The Hall–Kier alpha value is -3.66. The summed E-state index contributed by atoms with van der Waals surface area (Å²) in [5.74, 6) is 1.48. The third-order valence-corrected chi connectivity index (χ3v) is 7.00. The van der Waals surface area contributed by atoms with Crippen LogP contribution in [0.5, 0.6) is 5.75 Å². The third kappa shape index (κ3) is 4.09. The largest absolute Gasteiger partial charge is 0.495 e. The van der Waals surface area contributed by atoms with Crippen LogP contribution in [0.2, 0.25) is 0 Å². The second-order valence-corrected chi connectivity index (χ2v) is 9.51. The number of nitrogens with zero attached hydrogens (tertiary/aromatic N) is 4. The molecule has 0 saturated carbocycles. The summed E-state index contributed by atoms with van der Waals surface area (Å²) in [6.07, 6.45) is 1.64. The zero-order valence-electron chi connectivity index (χ0n) is 18.2. The number of rotatable bonds is 7. The van der Waals surface area contributed by atoms with E-state index in [1.807, 2.05) is 37.1 Å². The van der Waals surface area contributed by atoms with Crippen LogP contribution >= 0.6 is 0 Å². The maximum atomic E-state index is 12.3. The lowest BCUT2D eigenvalue weighted by atomic mass is 10.2. The molecule has 166 valence electrons. The van der Waals surface area contributed by atoms with Crippen molar-refractivity contribution in [2.45, 2.75) is 18.7 Å². The highest BCUT2D eigenvalue weighted by Crippen LogP contribution is 2.31. The Labute approximate surface area is 186 Å². The van der Waals surface area contributed by atoms with Crippen LogP contribution in [0.25, 0.3) is 10.9 Å². The van der Waals surface area contributed by atoms with Gasteiger partial charge in [-0.2, -0.15) is 10.1 Å². The number of fused-ring (bicyclic) bond motifs is 1. The molecule has 10 heteroatoms. The Morgan fingerprint density at radius 2 is 1.97 bits per heavy atom. The minimum atomic E-state index is -3.36. The molecule has 9 nitrogen and oxygen atoms in total. The Balaban J connectivity index is 1.65. The Morgan fingerprint density at radius 3 is 2.72 bits per heavy atom. The molecule has 2 heterocycles. The topological polar surface area (TPSA) is 113 Å². The van der Waals surface area contributed by atoms with Gasteiger partial charge in [0.1, 0.15) is 11.6 Å². The fourth-order valence-corrected chi connectivity index (χ4v) is 4.25. The predicted molar refractivity (Wildman–Crippen MR) is 125 cm³/mol. The summed E-state index contributed by atoms with van der Waals surface area (Å²) in [6, 6.07) is 12.5. The highest BCUT2D eigenvalue weighted by atomic mass is 32.2. The molecule has 0 aliphatic heterocycles. The minimum absolute atomic E-state index is 0.00967. The van der Waals surface area contributed by atoms with Gasteiger partial charge in [0.05, 0.1) is 34.7 Å². The highest BCUT2D eigenvalue weighted by molar-refractivity contribution is 7.91. The van der Waals surface area contributed by atoms with E-state index < -0.39 is 9.84 Å². The number of aromatic nitrogens is 4. The van der Waals surface area contributed by atoms with E-state index in [-0.39, 0.29) is 10.6 Å². The van der Waals surface area contributed by atoms with E-state index in [4.69, 9.17) is 4.74 Å². The van der Waals surface area contributed by atoms with Gasteiger partial charge in [0.15, 0.2) is 9.84 Å². The summed E-state index contributed by atoms with van der Waals surface area (Å²) in [5, 5.41) is 11.4. The van der Waals surface area contributed by atoms with Crippen LogP contribution in [-0.4, -0.2) is 48.5 Å². The number of sulfone groups is 1. The molecule has 2 aromatic carbocycles. The van der Waals surface area contributed by atoms with Gasteiger partial charge < -0.3 is 15.0 Å². The van der Waals surface area contributed by atoms with Crippen LogP contribution in [0.3, 0.4) is 0 Å². The number of methoxy groups -OCH3 is 1. The summed E-state index contributed by atoms with van der Waals surface area (Å²) < 4.78 is 29.9. The molecule has 2 N–H and O–H groups in total. The van der Waals surface area contributed by atoms with E-state index in [0.29, 0.717) is 23.2 Å². The number of aryl methyl sites for hydroxylation is 1. The first kappa shape index (κ1) is 21.6. The van der Waals surface area contributed by atoms with Crippen molar-refractivity contribution < 1.29 is 13.2 Å². The molecule has 0 aliphatic rings. The monoisotopic (exact) mass is 452 g/mol. The molecule has 0 radical (unpaired) electrons. The number of hydrogen-bond acceptors (Lipinski definition) is 8. The van der Waals surface area contributed by atoms with Gasteiger partial charge in [-0.05, 0) is 49.4 Å². The normalized spacial score (nSPS) is 11.5. The first-order chi connectivity index (χ1) is 15.3. The molecule has 0 bridgehead atoms. The third-order valence-electron chi connectivity index (χ3n) is 5.27. The lowest BCUT2D eigenvalue weighted by Crippen LogP contribution is -2.12. The maximum Gasteiger partial charge on any atom is 0.229 e. The van der Waals surface area contributed by atoms with Crippen LogP contribution in [0.4, 0.5) is 23.1 Å². The summed E-state index contributed by atoms with van der Waals surface area (Å²) in [4.78, 5) is 11.0. The fourth-order valence-electron chi connectivity index (χ4n) is 3.35. The SMILES string of the molecule is CCS(=O)(=O)c1ccc(OC)c(Nc2nccc(N(C)c3ccc4c(C)n[nH]c4c3)n2)c1. The number of benzene rings is 2. The molecule has 32 heavy (non-hydrogen) atoms. The summed E-state index contributed by atoms with van der Waals surface area (Å²) in [7, 11) is 0.0644. The number of ether oxygens (including phenoxy) is 1. The van der Waals surface area contributed by atoms with Crippen LogP contribution in [0, 0.1) is 6.92 Å². The molecule has 0 spiro atoms. The van der Waals surface area contributed by atoms with Gasteiger partial charge >= 0.3 is 0 Å². The smallest absolute Gasteiger partial charge is 0.229 e. The zero-order valence-corrected chi connectivity index (χ0v) is 19.1. The van der Waals surface area contributed by atoms with E-state index in [2.05, 4.69) is 25.5 Å². The van der Waals surface area contributed by atoms with Crippen molar-refractivity contribution in [2.75, 3.05) is 30.1 Å². The van der Waals surface area contributed by atoms with Crippen molar-refractivity contribution in [3.8, 4) is 5.75 Å². The van der Waals surface area contributed by atoms with Gasteiger partial charge in [0.2, 0.25) is 5.95 Å². The van der Waals surface area contributed by atoms with E-state index in [1.54, 1.807) is 25.3 Å². The first-order valence-electron chi connectivity index (χ1n) is 10.0. The number of aromatic amines is 1. The van der Waals surface area contributed by atoms with Crippen molar-refractivity contribution in [2.24, 2.45) is 0 Å². The summed E-state index contributed by atoms with van der Waals surface area (Å²) >= 11 is 0. The summed E-state index contributed by atoms with van der Waals surface area (Å²) in [5.41, 5.74) is 3.29. The molecule has 0 saturated heterocycles. The van der Waals surface area contributed by atoms with Gasteiger partial charge in [-0.25, -0.2) is 13.4 Å². The van der Waals surface area contributed by atoms with Crippen LogP contribution in [0.1, 0.15) is 12.6 Å². The maximum absolute atomic E-state index is 12.3. The molecule has 0 unspecified atom stereocenters.